The number of carbonyl (C=O) groups is 1. The highest BCUT2D eigenvalue weighted by atomic mass is 16.4. The van der Waals surface area contributed by atoms with Gasteiger partial charge in [-0.3, -0.25) is 4.79 Å². The number of nitrogens with two attached hydrogens (primary N) is 1. The Bertz CT molecular complexity index is 192. The number of rotatable bonds is 2. The smallest absolute Gasteiger partial charge is 0.310 e. The molecule has 11 heavy (non-hydrogen) atoms. The number of carboxylic acid groups (broad SMARTS) is 1. The van der Waals surface area contributed by atoms with Crippen LogP contribution >= 0.6 is 0 Å². The molecule has 2 fully saturated rings. The van der Waals surface area contributed by atoms with Crippen LogP contribution in [0.2, 0.25) is 0 Å². The average molecular weight is 155 g/mol. The summed E-state index contributed by atoms with van der Waals surface area (Å²) in [7, 11) is 0. The van der Waals surface area contributed by atoms with Crippen LogP contribution in [-0.4, -0.2) is 17.1 Å². The van der Waals surface area contributed by atoms with E-state index >= 15 is 0 Å². The molecule has 0 aromatic heterocycles. The molecule has 0 saturated heterocycles. The van der Waals surface area contributed by atoms with E-state index in [1.807, 2.05) is 0 Å². The predicted octanol–water partition coefficient (Wildman–Crippen LogP) is 0.588. The topological polar surface area (TPSA) is 63.3 Å². The second-order valence-corrected chi connectivity index (χ2v) is 3.90. The zero-order valence-electron chi connectivity index (χ0n) is 6.42. The van der Waals surface area contributed by atoms with Crippen LogP contribution in [0.25, 0.3) is 0 Å². The lowest BCUT2D eigenvalue weighted by atomic mass is 9.62. The summed E-state index contributed by atoms with van der Waals surface area (Å²) in [4.78, 5) is 10.9. The summed E-state index contributed by atoms with van der Waals surface area (Å²) in [5, 5.41) is 8.96. The van der Waals surface area contributed by atoms with Gasteiger partial charge in [0.1, 0.15) is 0 Å². The Hall–Kier alpha value is -0.570. The Balaban J connectivity index is 2.09. The van der Waals surface area contributed by atoms with Crippen molar-refractivity contribution in [3.63, 3.8) is 0 Å². The molecular formula is C8H13NO2. The van der Waals surface area contributed by atoms with Gasteiger partial charge in [-0.1, -0.05) is 0 Å². The van der Waals surface area contributed by atoms with E-state index in [0.717, 1.165) is 12.8 Å². The lowest BCUT2D eigenvalue weighted by Crippen LogP contribution is -2.52. The quantitative estimate of drug-likeness (QED) is 0.613. The monoisotopic (exact) mass is 155 g/mol. The second kappa shape index (κ2) is 1.97. The zero-order valence-corrected chi connectivity index (χ0v) is 6.42. The predicted molar refractivity (Wildman–Crippen MR) is 40.0 cm³/mol. The van der Waals surface area contributed by atoms with Crippen molar-refractivity contribution in [2.45, 2.75) is 31.7 Å². The minimum absolute atomic E-state index is 0.145. The fourth-order valence-electron chi connectivity index (χ4n) is 2.19. The van der Waals surface area contributed by atoms with Crippen LogP contribution in [0.15, 0.2) is 0 Å². The first-order chi connectivity index (χ1) is 5.15. The number of hydrogen-bond acceptors (Lipinski definition) is 2. The van der Waals surface area contributed by atoms with Crippen molar-refractivity contribution >= 4 is 5.97 Å². The third kappa shape index (κ3) is 0.872. The Morgan fingerprint density at radius 2 is 2.00 bits per heavy atom. The van der Waals surface area contributed by atoms with Gasteiger partial charge in [0.25, 0.3) is 0 Å². The van der Waals surface area contributed by atoms with Crippen molar-refractivity contribution in [3.8, 4) is 0 Å². The molecule has 0 unspecified atom stereocenters. The highest BCUT2D eigenvalue weighted by Gasteiger charge is 2.57. The maximum Gasteiger partial charge on any atom is 0.310 e. The van der Waals surface area contributed by atoms with E-state index < -0.39 is 11.4 Å². The van der Waals surface area contributed by atoms with Crippen molar-refractivity contribution in [1.29, 1.82) is 0 Å². The molecule has 62 valence electrons. The normalized spacial score (nSPS) is 43.2. The lowest BCUT2D eigenvalue weighted by molar-refractivity contribution is -0.157. The molecule has 3 heteroatoms. The maximum atomic E-state index is 10.9. The van der Waals surface area contributed by atoms with E-state index in [2.05, 4.69) is 0 Å². The van der Waals surface area contributed by atoms with Crippen molar-refractivity contribution in [2.75, 3.05) is 0 Å². The fourth-order valence-corrected chi connectivity index (χ4v) is 2.19. The molecule has 0 aromatic carbocycles. The molecule has 0 spiro atoms. The van der Waals surface area contributed by atoms with Crippen LogP contribution in [0.5, 0.6) is 0 Å². The van der Waals surface area contributed by atoms with Crippen LogP contribution in [0.4, 0.5) is 0 Å². The summed E-state index contributed by atoms with van der Waals surface area (Å²) in [5.41, 5.74) is 5.19. The maximum absolute atomic E-state index is 10.9. The van der Waals surface area contributed by atoms with Crippen LogP contribution in [0.1, 0.15) is 25.7 Å². The van der Waals surface area contributed by atoms with Gasteiger partial charge in [0.2, 0.25) is 0 Å². The van der Waals surface area contributed by atoms with Gasteiger partial charge in [-0.05, 0) is 31.6 Å². The van der Waals surface area contributed by atoms with Gasteiger partial charge in [-0.2, -0.15) is 0 Å². The van der Waals surface area contributed by atoms with Crippen molar-refractivity contribution in [1.82, 2.24) is 0 Å². The first-order valence-electron chi connectivity index (χ1n) is 4.14. The fraction of sp³-hybridized carbons (Fsp3) is 0.875. The van der Waals surface area contributed by atoms with Gasteiger partial charge >= 0.3 is 5.97 Å². The Kier molecular flexibility index (Phi) is 1.27. The van der Waals surface area contributed by atoms with Gasteiger partial charge in [0.15, 0.2) is 0 Å². The third-order valence-corrected chi connectivity index (χ3v) is 3.04. The lowest BCUT2D eigenvalue weighted by Gasteiger charge is -2.43. The molecule has 3 nitrogen and oxygen atoms in total. The highest BCUT2D eigenvalue weighted by molar-refractivity contribution is 5.77. The molecule has 0 bridgehead atoms. The van der Waals surface area contributed by atoms with E-state index in [0.29, 0.717) is 18.8 Å². The average Bonchev–Trinajstić information content (AvgIpc) is 2.60. The minimum Gasteiger partial charge on any atom is -0.481 e. The molecule has 2 aliphatic carbocycles. The number of carboxylic acids is 1. The van der Waals surface area contributed by atoms with Crippen LogP contribution in [-0.2, 0) is 4.79 Å². The summed E-state index contributed by atoms with van der Waals surface area (Å²) in [5.74, 6) is -0.179. The molecule has 0 atom stereocenters. The SMILES string of the molecule is NC1CC(C(=O)O)(C2CC2)C1. The summed E-state index contributed by atoms with van der Waals surface area (Å²) in [6.07, 6.45) is 3.60. The first-order valence-corrected chi connectivity index (χ1v) is 4.14. The van der Waals surface area contributed by atoms with E-state index in [1.165, 1.54) is 0 Å². The van der Waals surface area contributed by atoms with E-state index in [9.17, 15) is 4.79 Å². The summed E-state index contributed by atoms with van der Waals surface area (Å²) < 4.78 is 0. The standard InChI is InChI=1S/C8H13NO2/c9-6-3-8(4-6,7(10)11)5-1-2-5/h5-6H,1-4,9H2,(H,10,11). The highest BCUT2D eigenvalue weighted by Crippen LogP contribution is 2.56. The molecular weight excluding hydrogens is 142 g/mol. The van der Waals surface area contributed by atoms with Gasteiger partial charge in [-0.15, -0.1) is 0 Å². The molecule has 0 radical (unpaired) electrons. The summed E-state index contributed by atoms with van der Waals surface area (Å²) in [6, 6.07) is 0.145. The molecule has 3 N–H and O–H groups in total. The van der Waals surface area contributed by atoms with E-state index in [4.69, 9.17) is 10.8 Å². The zero-order chi connectivity index (χ0) is 8.06. The Labute approximate surface area is 65.6 Å². The Morgan fingerprint density at radius 1 is 1.45 bits per heavy atom. The van der Waals surface area contributed by atoms with Gasteiger partial charge in [0, 0.05) is 6.04 Å². The molecule has 0 aliphatic heterocycles. The summed E-state index contributed by atoms with van der Waals surface area (Å²) >= 11 is 0. The molecule has 2 aliphatic rings. The van der Waals surface area contributed by atoms with Crippen molar-refractivity contribution in [2.24, 2.45) is 17.1 Å². The Morgan fingerprint density at radius 3 is 2.27 bits per heavy atom. The number of aliphatic carboxylic acids is 1. The second-order valence-electron chi connectivity index (χ2n) is 3.90. The first kappa shape index (κ1) is 7.10. The molecule has 2 saturated carbocycles. The number of hydrogen-bond donors (Lipinski definition) is 2. The molecule has 2 rings (SSSR count). The van der Waals surface area contributed by atoms with Crippen molar-refractivity contribution < 1.29 is 9.90 Å². The molecule has 0 amide bonds. The van der Waals surface area contributed by atoms with Crippen LogP contribution in [0.3, 0.4) is 0 Å². The van der Waals surface area contributed by atoms with Gasteiger partial charge in [0.05, 0.1) is 5.41 Å². The van der Waals surface area contributed by atoms with Gasteiger partial charge in [-0.25, -0.2) is 0 Å². The molecule has 0 aromatic rings. The van der Waals surface area contributed by atoms with E-state index in [-0.39, 0.29) is 6.04 Å². The minimum atomic E-state index is -0.623. The summed E-state index contributed by atoms with van der Waals surface area (Å²) in [6.45, 7) is 0. The largest absolute Gasteiger partial charge is 0.481 e. The van der Waals surface area contributed by atoms with Crippen LogP contribution < -0.4 is 5.73 Å². The van der Waals surface area contributed by atoms with Crippen molar-refractivity contribution in [3.05, 3.63) is 0 Å². The van der Waals surface area contributed by atoms with Gasteiger partial charge < -0.3 is 10.8 Å². The van der Waals surface area contributed by atoms with Crippen LogP contribution in [0, 0.1) is 11.3 Å². The van der Waals surface area contributed by atoms with E-state index in [1.54, 1.807) is 0 Å². The third-order valence-electron chi connectivity index (χ3n) is 3.04. The molecule has 0 heterocycles.